The van der Waals surface area contributed by atoms with Crippen LogP contribution in [0.1, 0.15) is 367 Å². The molecule has 12 N–H and O–H groups in total. The molecular formula is C97H171NO18. The second-order valence-corrected chi connectivity index (χ2v) is 33.1. The van der Waals surface area contributed by atoms with Crippen molar-refractivity contribution >= 4 is 5.91 Å². The summed E-state index contributed by atoms with van der Waals surface area (Å²) in [5.74, 6) is -0.273. The highest BCUT2D eigenvalue weighted by atomic mass is 16.8. The fourth-order valence-corrected chi connectivity index (χ4v) is 15.4. The van der Waals surface area contributed by atoms with Crippen LogP contribution in [-0.2, 0) is 33.2 Å². The molecule has 0 radical (unpaired) electrons. The molecule has 672 valence electrons. The molecule has 19 nitrogen and oxygen atoms in total. The van der Waals surface area contributed by atoms with Crippen molar-refractivity contribution < 1.29 is 89.4 Å². The standard InChI is InChI=1S/C97H171NO18/c1-3-5-7-9-11-13-15-17-19-21-23-25-27-29-31-33-35-36-37-38-39-40-41-42-43-44-45-47-49-51-53-55-57-59-61-63-65-67-69-71-73-75-85(103)98-80(81(102)74-72-70-68-66-64-62-60-58-56-54-52-50-48-46-34-32-30-28-26-24-22-20-18-16-14-12-10-8-6-4-2)79-111-95-91(109)88(106)93(83(77-100)113-95)116-97-92(110)89(107)94(84(78-101)114-97)115-96-90(108)87(105)86(104)82(76-99)112-96/h5,7,11,13,17,19,23,25,29,31,35-36,38-39,41-42,72,74,80-84,86-97,99-102,104-110H,3-4,6,8-10,12,14-16,18,20-22,24,26-28,30,32-34,37,40,43-71,73,75-79H2,1-2H3,(H,98,103)/b7-5-,13-11-,19-17-,25-23-,31-29-,36-35-,39-38-,42-41-,74-72+. The minimum absolute atomic E-state index is 0.240. The van der Waals surface area contributed by atoms with Crippen LogP contribution in [0.5, 0.6) is 0 Å². The molecular weight excluding hydrogens is 1470 g/mol. The van der Waals surface area contributed by atoms with E-state index < -0.39 is 124 Å². The number of carbonyl (C=O) groups is 1. The quantitative estimate of drug-likeness (QED) is 0.0199. The fourth-order valence-electron chi connectivity index (χ4n) is 15.4. The van der Waals surface area contributed by atoms with Crippen molar-refractivity contribution in [3.05, 3.63) is 109 Å². The van der Waals surface area contributed by atoms with Gasteiger partial charge in [-0.05, 0) is 83.5 Å². The SMILES string of the molecule is CC/C=C\C/C=C\C/C=C\C/C=C\C/C=C\C/C=C\C/C=C\C/C=C\CCCCCCCCCCCCCCCCCCC(=O)NC(COC1OC(CO)C(OC2OC(CO)C(OC3OC(CO)C(O)C(O)C3O)C(O)C2O)C(O)C1O)C(O)/C=C/CCCCCCCCCCCCCCCCCCCCCCCCCCCCCC. The third kappa shape index (κ3) is 52.7. The van der Waals surface area contributed by atoms with Gasteiger partial charge >= 0.3 is 0 Å². The molecule has 17 unspecified atom stereocenters. The van der Waals surface area contributed by atoms with Crippen molar-refractivity contribution in [2.75, 3.05) is 26.4 Å². The van der Waals surface area contributed by atoms with Gasteiger partial charge in [-0.1, -0.05) is 386 Å². The van der Waals surface area contributed by atoms with Crippen LogP contribution in [0.2, 0.25) is 0 Å². The number of aliphatic hydroxyl groups is 11. The van der Waals surface area contributed by atoms with E-state index in [1.54, 1.807) is 6.08 Å². The van der Waals surface area contributed by atoms with Crippen molar-refractivity contribution in [2.24, 2.45) is 0 Å². The molecule has 3 rings (SSSR count). The molecule has 3 fully saturated rings. The van der Waals surface area contributed by atoms with E-state index in [2.05, 4.69) is 116 Å². The van der Waals surface area contributed by atoms with E-state index in [1.165, 1.54) is 244 Å². The number of hydrogen-bond donors (Lipinski definition) is 12. The molecule has 3 aliphatic rings. The van der Waals surface area contributed by atoms with Crippen LogP contribution in [0.15, 0.2) is 109 Å². The summed E-state index contributed by atoms with van der Waals surface area (Å²) < 4.78 is 34.6. The minimum atomic E-state index is -1.98. The number of amides is 1. The first-order chi connectivity index (χ1) is 56.8. The Morgan fingerprint density at radius 3 is 0.931 bits per heavy atom. The van der Waals surface area contributed by atoms with Crippen LogP contribution in [0.25, 0.3) is 0 Å². The Labute approximate surface area is 704 Å². The van der Waals surface area contributed by atoms with E-state index >= 15 is 0 Å². The lowest BCUT2D eigenvalue weighted by Gasteiger charge is -2.48. The molecule has 0 saturated carbocycles. The van der Waals surface area contributed by atoms with E-state index in [1.807, 2.05) is 6.08 Å². The lowest BCUT2D eigenvalue weighted by molar-refractivity contribution is -0.379. The maximum atomic E-state index is 13.5. The first kappa shape index (κ1) is 107. The van der Waals surface area contributed by atoms with Gasteiger partial charge in [0.05, 0.1) is 38.6 Å². The van der Waals surface area contributed by atoms with Gasteiger partial charge < -0.3 is 89.9 Å². The van der Waals surface area contributed by atoms with Crippen LogP contribution in [-0.4, -0.2) is 193 Å². The van der Waals surface area contributed by atoms with Gasteiger partial charge in [0, 0.05) is 6.42 Å². The molecule has 3 aliphatic heterocycles. The van der Waals surface area contributed by atoms with Gasteiger partial charge in [0.15, 0.2) is 18.9 Å². The van der Waals surface area contributed by atoms with E-state index in [-0.39, 0.29) is 18.9 Å². The minimum Gasteiger partial charge on any atom is -0.394 e. The summed E-state index contributed by atoms with van der Waals surface area (Å²) in [6, 6.07) is -0.980. The van der Waals surface area contributed by atoms with Crippen molar-refractivity contribution in [3.8, 4) is 0 Å². The summed E-state index contributed by atoms with van der Waals surface area (Å²) in [6.45, 7) is 1.67. The molecule has 0 aromatic rings. The first-order valence-electron chi connectivity index (χ1n) is 47.1. The Kier molecular flexibility index (Phi) is 69.1. The summed E-state index contributed by atoms with van der Waals surface area (Å²) in [7, 11) is 0. The highest BCUT2D eigenvalue weighted by Gasteiger charge is 2.54. The summed E-state index contributed by atoms with van der Waals surface area (Å²) in [4.78, 5) is 13.5. The maximum Gasteiger partial charge on any atom is 0.220 e. The molecule has 3 heterocycles. The van der Waals surface area contributed by atoms with Gasteiger partial charge in [0.1, 0.15) is 73.2 Å². The smallest absolute Gasteiger partial charge is 0.220 e. The Balaban J connectivity index is 1.31. The third-order valence-corrected chi connectivity index (χ3v) is 22.8. The van der Waals surface area contributed by atoms with Crippen LogP contribution in [0.4, 0.5) is 0 Å². The number of allylic oxidation sites excluding steroid dienone is 17. The van der Waals surface area contributed by atoms with Gasteiger partial charge in [-0.3, -0.25) is 4.79 Å². The molecule has 0 aliphatic carbocycles. The van der Waals surface area contributed by atoms with Gasteiger partial charge in [0.25, 0.3) is 0 Å². The van der Waals surface area contributed by atoms with Crippen LogP contribution in [0.3, 0.4) is 0 Å². The first-order valence-corrected chi connectivity index (χ1v) is 47.1. The average molecular weight is 1640 g/mol. The van der Waals surface area contributed by atoms with Gasteiger partial charge in [0.2, 0.25) is 5.91 Å². The lowest BCUT2D eigenvalue weighted by atomic mass is 9.96. The summed E-state index contributed by atoms with van der Waals surface area (Å²) in [6.07, 6.45) is 79.5. The Hall–Kier alpha value is -3.55. The Morgan fingerprint density at radius 2 is 0.595 bits per heavy atom. The van der Waals surface area contributed by atoms with Gasteiger partial charge in [-0.25, -0.2) is 0 Å². The number of aliphatic hydroxyl groups excluding tert-OH is 11. The average Bonchev–Trinajstić information content (AvgIpc) is 0.783. The Bertz CT molecular complexity index is 2520. The van der Waals surface area contributed by atoms with Crippen molar-refractivity contribution in [2.45, 2.75) is 471 Å². The third-order valence-electron chi connectivity index (χ3n) is 22.8. The number of nitrogens with one attached hydrogen (secondary N) is 1. The second-order valence-electron chi connectivity index (χ2n) is 33.1. The fraction of sp³-hybridized carbons (Fsp3) is 0.804. The number of rotatable bonds is 76. The van der Waals surface area contributed by atoms with Crippen molar-refractivity contribution in [3.63, 3.8) is 0 Å². The molecule has 0 bridgehead atoms. The van der Waals surface area contributed by atoms with E-state index in [0.29, 0.717) is 6.42 Å². The maximum absolute atomic E-state index is 13.5. The zero-order valence-corrected chi connectivity index (χ0v) is 72.7. The zero-order valence-electron chi connectivity index (χ0n) is 72.7. The van der Waals surface area contributed by atoms with E-state index in [9.17, 15) is 61.0 Å². The van der Waals surface area contributed by atoms with Gasteiger partial charge in [-0.15, -0.1) is 0 Å². The molecule has 0 spiro atoms. The molecule has 3 saturated heterocycles. The number of unbranched alkanes of at least 4 members (excludes halogenated alkanes) is 44. The normalized spacial score (nSPS) is 25.0. The lowest BCUT2D eigenvalue weighted by Crippen LogP contribution is -2.66. The predicted octanol–water partition coefficient (Wildman–Crippen LogP) is 18.8. The summed E-state index contributed by atoms with van der Waals surface area (Å²) in [5.41, 5.74) is 0. The molecule has 19 heteroatoms. The predicted molar refractivity (Wildman–Crippen MR) is 470 cm³/mol. The topological polar surface area (TPSA) is 307 Å². The number of hydrogen-bond acceptors (Lipinski definition) is 18. The zero-order chi connectivity index (χ0) is 83.8. The Morgan fingerprint density at radius 1 is 0.319 bits per heavy atom. The largest absolute Gasteiger partial charge is 0.394 e. The highest BCUT2D eigenvalue weighted by molar-refractivity contribution is 5.76. The van der Waals surface area contributed by atoms with Crippen molar-refractivity contribution in [1.29, 1.82) is 0 Å². The van der Waals surface area contributed by atoms with Gasteiger partial charge in [-0.2, -0.15) is 0 Å². The number of carbonyl (C=O) groups excluding carboxylic acids is 1. The monoisotopic (exact) mass is 1640 g/mol. The molecule has 1 amide bonds. The van der Waals surface area contributed by atoms with Crippen LogP contribution < -0.4 is 5.32 Å². The molecule has 0 aromatic carbocycles. The second kappa shape index (κ2) is 75.2. The van der Waals surface area contributed by atoms with E-state index in [0.717, 1.165) is 96.3 Å². The number of ether oxygens (including phenoxy) is 6. The van der Waals surface area contributed by atoms with Crippen LogP contribution >= 0.6 is 0 Å². The summed E-state index contributed by atoms with van der Waals surface area (Å²) in [5, 5.41) is 121. The summed E-state index contributed by atoms with van der Waals surface area (Å²) >= 11 is 0. The van der Waals surface area contributed by atoms with Crippen LogP contribution in [0, 0.1) is 0 Å². The molecule has 17 atom stereocenters. The highest BCUT2D eigenvalue weighted by Crippen LogP contribution is 2.34. The van der Waals surface area contributed by atoms with E-state index in [4.69, 9.17) is 28.4 Å². The molecule has 0 aromatic heterocycles. The molecule has 116 heavy (non-hydrogen) atoms. The van der Waals surface area contributed by atoms with Crippen molar-refractivity contribution in [1.82, 2.24) is 5.32 Å².